The maximum Gasteiger partial charge on any atom is 0.255 e. The molecule has 0 aliphatic heterocycles. The van der Waals surface area contributed by atoms with Gasteiger partial charge in [-0.25, -0.2) is 4.98 Å². The van der Waals surface area contributed by atoms with Crippen LogP contribution in [0.1, 0.15) is 38.8 Å². The van der Waals surface area contributed by atoms with Crippen molar-refractivity contribution in [3.05, 3.63) is 70.7 Å². The van der Waals surface area contributed by atoms with E-state index in [-0.39, 0.29) is 5.91 Å². The van der Waals surface area contributed by atoms with Crippen LogP contribution in [-0.2, 0) is 6.54 Å². The molecule has 2 heterocycles. The highest BCUT2D eigenvalue weighted by molar-refractivity contribution is 5.96. The van der Waals surface area contributed by atoms with Crippen LogP contribution in [0.3, 0.4) is 0 Å². The lowest BCUT2D eigenvalue weighted by Crippen LogP contribution is -2.24. The molecule has 0 unspecified atom stereocenters. The van der Waals surface area contributed by atoms with Gasteiger partial charge in [0, 0.05) is 24.5 Å². The van der Waals surface area contributed by atoms with Gasteiger partial charge in [0.1, 0.15) is 17.3 Å². The van der Waals surface area contributed by atoms with Gasteiger partial charge in [-0.1, -0.05) is 18.2 Å². The number of benzene rings is 1. The summed E-state index contributed by atoms with van der Waals surface area (Å²) >= 11 is 0. The highest BCUT2D eigenvalue weighted by Crippen LogP contribution is 2.21. The molecule has 5 nitrogen and oxygen atoms in total. The van der Waals surface area contributed by atoms with Crippen LogP contribution in [0.5, 0.6) is 0 Å². The lowest BCUT2D eigenvalue weighted by molar-refractivity contribution is 0.0949. The van der Waals surface area contributed by atoms with Crippen LogP contribution in [0.25, 0.3) is 5.69 Å². The number of carbonyl (C=O) groups excluding carboxylic acids is 1. The van der Waals surface area contributed by atoms with E-state index >= 15 is 0 Å². The molecule has 0 bridgehead atoms. The Kier molecular flexibility index (Phi) is 4.25. The Bertz CT molecular complexity index is 890. The molecule has 0 spiro atoms. The zero-order valence-electron chi connectivity index (χ0n) is 14.4. The molecule has 0 atom stereocenters. The molecule has 2 aromatic heterocycles. The van der Waals surface area contributed by atoms with Crippen molar-refractivity contribution in [3.8, 4) is 5.69 Å². The molecule has 0 radical (unpaired) electrons. The van der Waals surface area contributed by atoms with Crippen LogP contribution in [0, 0.1) is 27.7 Å². The number of nitrogens with zero attached hydrogens (tertiary/aromatic N) is 2. The van der Waals surface area contributed by atoms with Crippen LogP contribution >= 0.6 is 0 Å². The molecule has 24 heavy (non-hydrogen) atoms. The van der Waals surface area contributed by atoms with Gasteiger partial charge in [0.2, 0.25) is 0 Å². The predicted octanol–water partition coefficient (Wildman–Crippen LogP) is 3.63. The largest absolute Gasteiger partial charge is 0.466 e. The van der Waals surface area contributed by atoms with Gasteiger partial charge in [-0.15, -0.1) is 0 Å². The van der Waals surface area contributed by atoms with E-state index in [0.29, 0.717) is 17.9 Å². The van der Waals surface area contributed by atoms with Gasteiger partial charge in [0.15, 0.2) is 0 Å². The zero-order valence-corrected chi connectivity index (χ0v) is 14.4. The molecule has 1 aromatic carbocycles. The summed E-state index contributed by atoms with van der Waals surface area (Å²) in [4.78, 5) is 16.8. The normalized spacial score (nSPS) is 10.8. The highest BCUT2D eigenvalue weighted by Gasteiger charge is 2.18. The Morgan fingerprint density at radius 2 is 1.92 bits per heavy atom. The van der Waals surface area contributed by atoms with E-state index in [1.807, 2.05) is 62.7 Å². The fourth-order valence-corrected chi connectivity index (χ4v) is 2.92. The minimum absolute atomic E-state index is 0.112. The first-order valence-corrected chi connectivity index (χ1v) is 7.92. The van der Waals surface area contributed by atoms with E-state index in [1.165, 1.54) is 0 Å². The van der Waals surface area contributed by atoms with Crippen molar-refractivity contribution in [2.75, 3.05) is 0 Å². The standard InChI is InChI=1S/C19H21N3O2/c1-12-13(2)24-14(3)18(12)19(23)21-11-16-7-5-6-8-17(16)22-10-9-20-15(22)4/h5-10H,11H2,1-4H3,(H,21,23). The van der Waals surface area contributed by atoms with E-state index in [1.54, 1.807) is 6.20 Å². The molecule has 5 heteroatoms. The minimum Gasteiger partial charge on any atom is -0.466 e. The van der Waals surface area contributed by atoms with Gasteiger partial charge in [-0.3, -0.25) is 4.79 Å². The van der Waals surface area contributed by atoms with Gasteiger partial charge in [-0.05, 0) is 39.3 Å². The van der Waals surface area contributed by atoms with Crippen molar-refractivity contribution < 1.29 is 9.21 Å². The summed E-state index contributed by atoms with van der Waals surface area (Å²) in [6, 6.07) is 7.98. The minimum atomic E-state index is -0.112. The molecule has 0 aliphatic rings. The smallest absolute Gasteiger partial charge is 0.255 e. The molecule has 124 valence electrons. The number of amides is 1. The monoisotopic (exact) mass is 323 g/mol. The fraction of sp³-hybridized carbons (Fsp3) is 0.263. The maximum atomic E-state index is 12.5. The molecule has 1 N–H and O–H groups in total. The van der Waals surface area contributed by atoms with Gasteiger partial charge in [0.25, 0.3) is 5.91 Å². The number of rotatable bonds is 4. The van der Waals surface area contributed by atoms with E-state index in [2.05, 4.69) is 10.3 Å². The number of aryl methyl sites for hydroxylation is 3. The van der Waals surface area contributed by atoms with Crippen molar-refractivity contribution >= 4 is 5.91 Å². The maximum absolute atomic E-state index is 12.5. The SMILES string of the molecule is Cc1oc(C)c(C(=O)NCc2ccccc2-n2ccnc2C)c1C. The number of furan rings is 1. The number of aromatic nitrogens is 2. The Labute approximate surface area is 141 Å². The molecular formula is C19H21N3O2. The summed E-state index contributed by atoms with van der Waals surface area (Å²) in [6.07, 6.45) is 3.69. The van der Waals surface area contributed by atoms with Crippen LogP contribution in [0.4, 0.5) is 0 Å². The molecule has 0 saturated heterocycles. The lowest BCUT2D eigenvalue weighted by atomic mass is 10.1. The van der Waals surface area contributed by atoms with Crippen molar-refractivity contribution in [2.24, 2.45) is 0 Å². The number of hydrogen-bond acceptors (Lipinski definition) is 3. The number of para-hydroxylation sites is 1. The summed E-state index contributed by atoms with van der Waals surface area (Å²) in [6.45, 7) is 7.99. The van der Waals surface area contributed by atoms with Gasteiger partial charge >= 0.3 is 0 Å². The second kappa shape index (κ2) is 6.35. The van der Waals surface area contributed by atoms with Gasteiger partial charge in [0.05, 0.1) is 11.3 Å². The van der Waals surface area contributed by atoms with Crippen LogP contribution in [0.2, 0.25) is 0 Å². The molecule has 3 rings (SSSR count). The summed E-state index contributed by atoms with van der Waals surface area (Å²) in [5.41, 5.74) is 3.57. The van der Waals surface area contributed by atoms with Crippen molar-refractivity contribution in [3.63, 3.8) is 0 Å². The van der Waals surface area contributed by atoms with Crippen molar-refractivity contribution in [1.29, 1.82) is 0 Å². The van der Waals surface area contributed by atoms with Crippen molar-refractivity contribution in [1.82, 2.24) is 14.9 Å². The topological polar surface area (TPSA) is 60.1 Å². The van der Waals surface area contributed by atoms with E-state index in [9.17, 15) is 4.79 Å². The summed E-state index contributed by atoms with van der Waals surface area (Å²) in [5.74, 6) is 2.23. The van der Waals surface area contributed by atoms with Crippen LogP contribution < -0.4 is 5.32 Å². The average Bonchev–Trinajstić information content (AvgIpc) is 3.09. The molecule has 0 fully saturated rings. The first-order valence-electron chi connectivity index (χ1n) is 7.92. The second-order valence-electron chi connectivity index (χ2n) is 5.87. The second-order valence-corrected chi connectivity index (χ2v) is 5.87. The zero-order chi connectivity index (χ0) is 17.3. The third-order valence-corrected chi connectivity index (χ3v) is 4.30. The third kappa shape index (κ3) is 2.85. The number of carbonyl (C=O) groups is 1. The summed E-state index contributed by atoms with van der Waals surface area (Å²) in [5, 5.41) is 3.00. The molecule has 0 aliphatic carbocycles. The number of hydrogen-bond donors (Lipinski definition) is 1. The number of nitrogens with one attached hydrogen (secondary N) is 1. The average molecular weight is 323 g/mol. The first-order chi connectivity index (χ1) is 11.5. The molecule has 1 amide bonds. The van der Waals surface area contributed by atoms with E-state index in [0.717, 1.165) is 28.4 Å². The van der Waals surface area contributed by atoms with Crippen LogP contribution in [0.15, 0.2) is 41.1 Å². The Morgan fingerprint density at radius 1 is 1.17 bits per heavy atom. The molecule has 0 saturated carbocycles. The van der Waals surface area contributed by atoms with E-state index < -0.39 is 0 Å². The summed E-state index contributed by atoms with van der Waals surface area (Å²) < 4.78 is 7.56. The van der Waals surface area contributed by atoms with Gasteiger partial charge in [-0.2, -0.15) is 0 Å². The van der Waals surface area contributed by atoms with Crippen molar-refractivity contribution in [2.45, 2.75) is 34.2 Å². The molecule has 3 aromatic rings. The van der Waals surface area contributed by atoms with E-state index in [4.69, 9.17) is 4.42 Å². The summed E-state index contributed by atoms with van der Waals surface area (Å²) in [7, 11) is 0. The highest BCUT2D eigenvalue weighted by atomic mass is 16.3. The third-order valence-electron chi connectivity index (χ3n) is 4.30. The number of imidazole rings is 1. The Morgan fingerprint density at radius 3 is 2.54 bits per heavy atom. The first kappa shape index (κ1) is 16.1. The predicted molar refractivity (Wildman–Crippen MR) is 92.4 cm³/mol. The Hall–Kier alpha value is -2.82. The Balaban J connectivity index is 1.83. The van der Waals surface area contributed by atoms with Gasteiger partial charge < -0.3 is 14.3 Å². The lowest BCUT2D eigenvalue weighted by Gasteiger charge is -2.12. The fourth-order valence-electron chi connectivity index (χ4n) is 2.92. The quantitative estimate of drug-likeness (QED) is 0.797. The molecular weight excluding hydrogens is 302 g/mol. The van der Waals surface area contributed by atoms with Crippen LogP contribution in [-0.4, -0.2) is 15.5 Å².